The molecule has 1 aromatic heterocycles. The lowest BCUT2D eigenvalue weighted by molar-refractivity contribution is 0.280. The minimum absolute atomic E-state index is 0.00569. The number of phenols is 1. The van der Waals surface area contributed by atoms with E-state index in [0.29, 0.717) is 29.7 Å². The van der Waals surface area contributed by atoms with Crippen molar-refractivity contribution in [2.24, 2.45) is 0 Å². The molecule has 0 saturated heterocycles. The lowest BCUT2D eigenvalue weighted by Crippen LogP contribution is -2.35. The zero-order valence-electron chi connectivity index (χ0n) is 18.1. The van der Waals surface area contributed by atoms with E-state index in [1.807, 2.05) is 0 Å². The Morgan fingerprint density at radius 3 is 2.62 bits per heavy atom. The molecule has 4 rings (SSSR count). The number of phenolic OH excluding ortho intramolecular Hbond substituents is 1. The summed E-state index contributed by atoms with van der Waals surface area (Å²) in [7, 11) is -3.49. The van der Waals surface area contributed by atoms with Crippen LogP contribution in [0, 0.1) is 17.5 Å². The molecule has 0 aliphatic heterocycles. The van der Waals surface area contributed by atoms with Crippen molar-refractivity contribution in [3.05, 3.63) is 64.2 Å². The molecule has 0 bridgehead atoms. The van der Waals surface area contributed by atoms with Gasteiger partial charge in [0.25, 0.3) is 0 Å². The lowest BCUT2D eigenvalue weighted by atomic mass is 9.78. The third-order valence-corrected chi connectivity index (χ3v) is 7.47. The molecule has 0 spiro atoms. The second-order valence-electron chi connectivity index (χ2n) is 8.52. The van der Waals surface area contributed by atoms with E-state index >= 15 is 0 Å². The molecule has 3 N–H and O–H groups in total. The highest BCUT2D eigenvalue weighted by Gasteiger charge is 2.45. The molecule has 182 valence electrons. The van der Waals surface area contributed by atoms with Crippen LogP contribution in [0.4, 0.5) is 13.2 Å². The normalized spacial score (nSPS) is 20.7. The zero-order valence-corrected chi connectivity index (χ0v) is 19.7. The first kappa shape index (κ1) is 24.6. The van der Waals surface area contributed by atoms with E-state index in [1.54, 1.807) is 0 Å². The molecule has 2 aromatic carbocycles. The van der Waals surface area contributed by atoms with Crippen molar-refractivity contribution in [3.63, 3.8) is 0 Å². The number of rotatable bonds is 7. The standard InChI is InChI=1S/C22H22F3N3O4S2/c1-34(31,32)28-13-5-6-22(10-13,21-26-19(11-29)33-27-21)9-12-7-15(18(25)8-17(12)24)14-3-2-4-16(23)20(14)30/h2-4,7-8,13,28-30H,5-6,9-11H2,1H3/t13-,22+/m0/s1. The highest BCUT2D eigenvalue weighted by molar-refractivity contribution is 7.88. The maximum atomic E-state index is 14.9. The zero-order chi connectivity index (χ0) is 24.7. The van der Waals surface area contributed by atoms with E-state index in [1.165, 1.54) is 18.2 Å². The van der Waals surface area contributed by atoms with Crippen LogP contribution in [0.15, 0.2) is 30.3 Å². The van der Waals surface area contributed by atoms with E-state index < -0.39 is 44.7 Å². The van der Waals surface area contributed by atoms with Crippen LogP contribution in [-0.2, 0) is 28.5 Å². The highest BCUT2D eigenvalue weighted by Crippen LogP contribution is 2.44. The van der Waals surface area contributed by atoms with Crippen molar-refractivity contribution in [2.75, 3.05) is 6.26 Å². The number of hydrogen-bond acceptors (Lipinski definition) is 7. The fraction of sp³-hybridized carbons (Fsp3) is 0.364. The number of halogens is 3. The number of sulfonamides is 1. The van der Waals surface area contributed by atoms with E-state index in [-0.39, 0.29) is 36.1 Å². The maximum Gasteiger partial charge on any atom is 0.208 e. The first-order valence-electron chi connectivity index (χ1n) is 10.4. The van der Waals surface area contributed by atoms with Crippen molar-refractivity contribution in [2.45, 2.75) is 43.7 Å². The summed E-state index contributed by atoms with van der Waals surface area (Å²) in [5, 5.41) is 19.9. The third kappa shape index (κ3) is 4.95. The molecule has 1 aliphatic carbocycles. The first-order valence-corrected chi connectivity index (χ1v) is 13.0. The van der Waals surface area contributed by atoms with Gasteiger partial charge in [0.2, 0.25) is 10.0 Å². The molecule has 7 nitrogen and oxygen atoms in total. The second-order valence-corrected chi connectivity index (χ2v) is 11.1. The summed E-state index contributed by atoms with van der Waals surface area (Å²) in [6.45, 7) is -0.327. The van der Waals surface area contributed by atoms with Gasteiger partial charge in [-0.25, -0.2) is 31.3 Å². The van der Waals surface area contributed by atoms with Gasteiger partial charge in [0.1, 0.15) is 22.5 Å². The SMILES string of the molecule is CS(=O)(=O)N[C@H]1CC[C@](Cc2cc(-c3cccc(F)c3O)c(F)cc2F)(c2nsc(CO)n2)C1. The number of para-hydroxylation sites is 1. The van der Waals surface area contributed by atoms with Gasteiger partial charge in [-0.1, -0.05) is 12.1 Å². The fourth-order valence-electron chi connectivity index (χ4n) is 4.54. The number of aromatic nitrogens is 2. The Hall–Kier alpha value is -2.54. The summed E-state index contributed by atoms with van der Waals surface area (Å²) in [5.41, 5.74) is -1.09. The molecule has 3 aromatic rings. The predicted molar refractivity (Wildman–Crippen MR) is 120 cm³/mol. The van der Waals surface area contributed by atoms with Gasteiger partial charge in [0, 0.05) is 28.7 Å². The number of aromatic hydroxyl groups is 1. The molecule has 1 saturated carbocycles. The number of nitrogens with one attached hydrogen (secondary N) is 1. The largest absolute Gasteiger partial charge is 0.504 e. The Labute approximate surface area is 198 Å². The molecule has 1 fully saturated rings. The van der Waals surface area contributed by atoms with Crippen LogP contribution in [0.5, 0.6) is 5.75 Å². The van der Waals surface area contributed by atoms with Gasteiger partial charge in [-0.2, -0.15) is 4.37 Å². The maximum absolute atomic E-state index is 14.9. The van der Waals surface area contributed by atoms with Crippen LogP contribution in [0.3, 0.4) is 0 Å². The van der Waals surface area contributed by atoms with E-state index in [4.69, 9.17) is 0 Å². The molecule has 0 amide bonds. The molecular weight excluding hydrogens is 491 g/mol. The fourth-order valence-corrected chi connectivity index (χ4v) is 5.96. The number of aliphatic hydroxyl groups excluding tert-OH is 1. The summed E-state index contributed by atoms with van der Waals surface area (Å²) in [6.07, 6.45) is 2.18. The van der Waals surface area contributed by atoms with Crippen molar-refractivity contribution in [1.82, 2.24) is 14.1 Å². The van der Waals surface area contributed by atoms with Crippen molar-refractivity contribution in [3.8, 4) is 16.9 Å². The Kier molecular flexibility index (Phi) is 6.69. The van der Waals surface area contributed by atoms with E-state index in [0.717, 1.165) is 23.9 Å². The molecule has 1 aliphatic rings. The molecule has 1 heterocycles. The van der Waals surface area contributed by atoms with Crippen molar-refractivity contribution < 1.29 is 31.8 Å². The predicted octanol–water partition coefficient (Wildman–Crippen LogP) is 3.40. The average molecular weight is 514 g/mol. The quantitative estimate of drug-likeness (QED) is 0.447. The van der Waals surface area contributed by atoms with Gasteiger partial charge >= 0.3 is 0 Å². The summed E-state index contributed by atoms with van der Waals surface area (Å²) >= 11 is 0.992. The Balaban J connectivity index is 1.77. The Morgan fingerprint density at radius 1 is 1.18 bits per heavy atom. The van der Waals surface area contributed by atoms with Crippen LogP contribution >= 0.6 is 11.5 Å². The van der Waals surface area contributed by atoms with Gasteiger partial charge in [-0.05, 0) is 54.9 Å². The number of benzene rings is 2. The van der Waals surface area contributed by atoms with Crippen molar-refractivity contribution >= 4 is 21.6 Å². The first-order chi connectivity index (χ1) is 16.0. The topological polar surface area (TPSA) is 112 Å². The summed E-state index contributed by atoms with van der Waals surface area (Å²) in [5.74, 6) is -3.14. The summed E-state index contributed by atoms with van der Waals surface area (Å²) < 4.78 is 73.9. The van der Waals surface area contributed by atoms with E-state index in [2.05, 4.69) is 14.1 Å². The summed E-state index contributed by atoms with van der Waals surface area (Å²) in [6, 6.07) is 5.12. The number of aliphatic hydroxyl groups is 1. The molecular formula is C22H22F3N3O4S2. The van der Waals surface area contributed by atoms with Crippen LogP contribution in [-0.4, -0.2) is 40.3 Å². The Morgan fingerprint density at radius 2 is 1.94 bits per heavy atom. The van der Waals surface area contributed by atoms with Crippen molar-refractivity contribution in [1.29, 1.82) is 0 Å². The smallest absolute Gasteiger partial charge is 0.208 e. The monoisotopic (exact) mass is 513 g/mol. The lowest BCUT2D eigenvalue weighted by Gasteiger charge is -2.27. The van der Waals surface area contributed by atoms with Gasteiger partial charge in [-0.3, -0.25) is 0 Å². The second kappa shape index (κ2) is 9.25. The minimum atomic E-state index is -3.49. The van der Waals surface area contributed by atoms with Gasteiger partial charge in [0.05, 0.1) is 12.9 Å². The molecule has 0 unspecified atom stereocenters. The van der Waals surface area contributed by atoms with Gasteiger partial charge in [0.15, 0.2) is 11.6 Å². The average Bonchev–Trinajstić information content (AvgIpc) is 3.39. The van der Waals surface area contributed by atoms with Crippen LogP contribution < -0.4 is 4.72 Å². The summed E-state index contributed by atoms with van der Waals surface area (Å²) in [4.78, 5) is 4.36. The van der Waals surface area contributed by atoms with Gasteiger partial charge in [-0.15, -0.1) is 0 Å². The van der Waals surface area contributed by atoms with Crippen LogP contribution in [0.25, 0.3) is 11.1 Å². The molecule has 12 heteroatoms. The third-order valence-electron chi connectivity index (χ3n) is 6.01. The minimum Gasteiger partial charge on any atom is -0.504 e. The number of nitrogens with zero attached hydrogens (tertiary/aromatic N) is 2. The Bertz CT molecular complexity index is 1330. The molecule has 2 atom stereocenters. The molecule has 34 heavy (non-hydrogen) atoms. The number of hydrogen-bond donors (Lipinski definition) is 3. The van der Waals surface area contributed by atoms with E-state index in [9.17, 15) is 31.8 Å². The molecule has 0 radical (unpaired) electrons. The van der Waals surface area contributed by atoms with Crippen LogP contribution in [0.2, 0.25) is 0 Å². The highest BCUT2D eigenvalue weighted by atomic mass is 32.2. The van der Waals surface area contributed by atoms with Crippen LogP contribution in [0.1, 0.15) is 35.7 Å². The van der Waals surface area contributed by atoms with Gasteiger partial charge < -0.3 is 10.2 Å².